The van der Waals surface area contributed by atoms with Crippen LogP contribution in [-0.4, -0.2) is 20.8 Å². The average Bonchev–Trinajstić information content (AvgIpc) is 3.13. The minimum atomic E-state index is -0.580. The molecule has 1 N–H and O–H groups in total. The average molecular weight is 411 g/mol. The first-order valence-electron chi connectivity index (χ1n) is 8.91. The molecule has 7 heteroatoms. The van der Waals surface area contributed by atoms with Crippen molar-refractivity contribution in [2.24, 2.45) is 0 Å². The van der Waals surface area contributed by atoms with Gasteiger partial charge < -0.3 is 5.32 Å². The van der Waals surface area contributed by atoms with E-state index in [9.17, 15) is 4.79 Å². The van der Waals surface area contributed by atoms with Crippen molar-refractivity contribution in [3.05, 3.63) is 76.1 Å². The number of para-hydroxylation sites is 1. The second-order valence-corrected chi connectivity index (χ2v) is 7.57. The summed E-state index contributed by atoms with van der Waals surface area (Å²) >= 11 is 11.7. The molecule has 1 saturated heterocycles. The van der Waals surface area contributed by atoms with Crippen LogP contribution in [-0.2, 0) is 4.79 Å². The predicted molar refractivity (Wildman–Crippen MR) is 115 cm³/mol. The van der Waals surface area contributed by atoms with Crippen molar-refractivity contribution in [2.45, 2.75) is 26.8 Å². The highest BCUT2D eigenvalue weighted by Gasteiger charge is 2.40. The number of hydrogen-bond acceptors (Lipinski definition) is 3. The molecule has 1 aliphatic rings. The Morgan fingerprint density at radius 3 is 2.50 bits per heavy atom. The third-order valence-corrected chi connectivity index (χ3v) is 5.76. The maximum Gasteiger partial charge on any atom is 0.260 e. The van der Waals surface area contributed by atoms with Gasteiger partial charge in [-0.3, -0.25) is 9.69 Å². The van der Waals surface area contributed by atoms with Crippen LogP contribution in [0.4, 0.5) is 5.69 Å². The van der Waals surface area contributed by atoms with Gasteiger partial charge in [-0.25, -0.2) is 4.68 Å². The highest BCUT2D eigenvalue weighted by atomic mass is 35.5. The molecule has 3 aromatic rings. The van der Waals surface area contributed by atoms with Gasteiger partial charge in [0.25, 0.3) is 5.91 Å². The summed E-state index contributed by atoms with van der Waals surface area (Å²) in [5.74, 6) is -0.130. The van der Waals surface area contributed by atoms with E-state index in [-0.39, 0.29) is 5.91 Å². The lowest BCUT2D eigenvalue weighted by Gasteiger charge is -2.18. The lowest BCUT2D eigenvalue weighted by Crippen LogP contribution is -2.31. The normalized spacial score (nSPS) is 16.6. The van der Waals surface area contributed by atoms with Crippen LogP contribution in [0.2, 0.25) is 5.02 Å². The van der Waals surface area contributed by atoms with E-state index >= 15 is 0 Å². The number of aryl methyl sites for hydroxylation is 1. The third-order valence-electron chi connectivity index (χ3n) is 5.05. The topological polar surface area (TPSA) is 50.2 Å². The van der Waals surface area contributed by atoms with Crippen LogP contribution in [0.1, 0.15) is 28.6 Å². The number of anilines is 1. The second-order valence-electron chi connectivity index (χ2n) is 6.77. The fourth-order valence-corrected chi connectivity index (χ4v) is 4.11. The van der Waals surface area contributed by atoms with Crippen molar-refractivity contribution in [1.82, 2.24) is 15.1 Å². The largest absolute Gasteiger partial charge is 0.346 e. The van der Waals surface area contributed by atoms with Crippen molar-refractivity contribution in [2.75, 3.05) is 4.90 Å². The molecule has 1 aliphatic heterocycles. The van der Waals surface area contributed by atoms with Crippen LogP contribution in [0.25, 0.3) is 5.69 Å². The molecule has 1 atom stereocenters. The number of amides is 1. The van der Waals surface area contributed by atoms with E-state index in [1.807, 2.05) is 67.9 Å². The molecule has 2 aromatic carbocycles. The molecule has 4 rings (SSSR count). The van der Waals surface area contributed by atoms with Gasteiger partial charge in [0.15, 0.2) is 5.11 Å². The molecule has 0 bridgehead atoms. The van der Waals surface area contributed by atoms with Crippen LogP contribution in [0.5, 0.6) is 0 Å². The van der Waals surface area contributed by atoms with E-state index in [0.29, 0.717) is 15.8 Å². The highest BCUT2D eigenvalue weighted by molar-refractivity contribution is 7.80. The quantitative estimate of drug-likeness (QED) is 0.649. The fourth-order valence-electron chi connectivity index (χ4n) is 3.63. The summed E-state index contributed by atoms with van der Waals surface area (Å²) in [5, 5.41) is 8.79. The van der Waals surface area contributed by atoms with Crippen LogP contribution in [0, 0.1) is 20.8 Å². The Balaban J connectivity index is 1.76. The lowest BCUT2D eigenvalue weighted by molar-refractivity contribution is -0.118. The maximum atomic E-state index is 13.3. The molecule has 142 valence electrons. The Morgan fingerprint density at radius 2 is 1.79 bits per heavy atom. The Hall–Kier alpha value is -2.70. The van der Waals surface area contributed by atoms with Gasteiger partial charge in [-0.1, -0.05) is 35.9 Å². The molecule has 2 heterocycles. The van der Waals surface area contributed by atoms with E-state index < -0.39 is 6.04 Å². The number of thiocarbonyl (C=S) groups is 1. The van der Waals surface area contributed by atoms with E-state index in [1.165, 1.54) is 4.90 Å². The number of benzene rings is 2. The number of rotatable bonds is 3. The molecule has 1 amide bonds. The van der Waals surface area contributed by atoms with Crippen LogP contribution in [0.3, 0.4) is 0 Å². The van der Waals surface area contributed by atoms with Gasteiger partial charge in [-0.05, 0) is 62.8 Å². The van der Waals surface area contributed by atoms with Crippen molar-refractivity contribution in [1.29, 1.82) is 0 Å². The minimum Gasteiger partial charge on any atom is -0.346 e. The molecule has 0 unspecified atom stereocenters. The zero-order valence-corrected chi connectivity index (χ0v) is 17.3. The maximum absolute atomic E-state index is 13.3. The van der Waals surface area contributed by atoms with Gasteiger partial charge in [0.2, 0.25) is 0 Å². The standard InChI is InChI=1S/C21H19ClN4OS/c1-12-16(22)10-7-11-17(12)25-20(27)19(23-21(25)28)18-13(2)24-26(14(18)3)15-8-5-4-6-9-15/h4-11,19H,1-3H3,(H,23,28)/t19-/m1/s1. The number of carbonyl (C=O) groups excluding carboxylic acids is 1. The Bertz CT molecular complexity index is 1090. The van der Waals surface area contributed by atoms with E-state index in [1.54, 1.807) is 6.07 Å². The van der Waals surface area contributed by atoms with Gasteiger partial charge in [0.1, 0.15) is 6.04 Å². The Labute approximate surface area is 173 Å². The van der Waals surface area contributed by atoms with Gasteiger partial charge in [0, 0.05) is 16.3 Å². The lowest BCUT2D eigenvalue weighted by atomic mass is 10.0. The molecule has 0 saturated carbocycles. The van der Waals surface area contributed by atoms with Gasteiger partial charge in [-0.15, -0.1) is 0 Å². The number of nitrogens with one attached hydrogen (secondary N) is 1. The summed E-state index contributed by atoms with van der Waals surface area (Å²) < 4.78 is 1.86. The molecule has 0 aliphatic carbocycles. The Kier molecular flexibility index (Phi) is 4.69. The molecule has 5 nitrogen and oxygen atoms in total. The molecule has 0 radical (unpaired) electrons. The number of halogens is 1. The smallest absolute Gasteiger partial charge is 0.260 e. The van der Waals surface area contributed by atoms with Crippen molar-refractivity contribution in [3.63, 3.8) is 0 Å². The fraction of sp³-hybridized carbons (Fsp3) is 0.190. The summed E-state index contributed by atoms with van der Waals surface area (Å²) in [7, 11) is 0. The number of nitrogens with zero attached hydrogens (tertiary/aromatic N) is 3. The van der Waals surface area contributed by atoms with Crippen LogP contribution >= 0.6 is 23.8 Å². The van der Waals surface area contributed by atoms with Crippen LogP contribution in [0.15, 0.2) is 48.5 Å². The number of hydrogen-bond donors (Lipinski definition) is 1. The monoisotopic (exact) mass is 410 g/mol. The summed E-state index contributed by atoms with van der Waals surface area (Å²) in [5.41, 5.74) is 5.00. The zero-order valence-electron chi connectivity index (χ0n) is 15.7. The van der Waals surface area contributed by atoms with E-state index in [4.69, 9.17) is 23.8 Å². The van der Waals surface area contributed by atoms with E-state index in [2.05, 4.69) is 10.4 Å². The summed E-state index contributed by atoms with van der Waals surface area (Å²) in [4.78, 5) is 14.9. The third kappa shape index (κ3) is 2.89. The van der Waals surface area contributed by atoms with Crippen molar-refractivity contribution in [3.8, 4) is 5.69 Å². The summed E-state index contributed by atoms with van der Waals surface area (Å²) in [6.45, 7) is 5.76. The predicted octanol–water partition coefficient (Wildman–Crippen LogP) is 4.41. The number of aromatic nitrogens is 2. The first-order chi connectivity index (χ1) is 13.4. The molecule has 1 fully saturated rings. The minimum absolute atomic E-state index is 0.130. The molecule has 0 spiro atoms. The highest BCUT2D eigenvalue weighted by Crippen LogP contribution is 2.34. The van der Waals surface area contributed by atoms with Gasteiger partial charge in [0.05, 0.1) is 17.1 Å². The van der Waals surface area contributed by atoms with Crippen molar-refractivity contribution < 1.29 is 4.79 Å². The summed E-state index contributed by atoms with van der Waals surface area (Å²) in [6.07, 6.45) is 0. The van der Waals surface area contributed by atoms with E-state index in [0.717, 1.165) is 28.2 Å². The molecular formula is C21H19ClN4OS. The summed E-state index contributed by atoms with van der Waals surface area (Å²) in [6, 6.07) is 14.7. The molecular weight excluding hydrogens is 392 g/mol. The Morgan fingerprint density at radius 1 is 1.07 bits per heavy atom. The molecule has 28 heavy (non-hydrogen) atoms. The van der Waals surface area contributed by atoms with Crippen LogP contribution < -0.4 is 10.2 Å². The van der Waals surface area contributed by atoms with Gasteiger partial charge >= 0.3 is 0 Å². The second kappa shape index (κ2) is 7.04. The zero-order chi connectivity index (χ0) is 20.0. The SMILES string of the molecule is Cc1nn(-c2ccccc2)c(C)c1[C@H]1NC(=S)N(c2cccc(Cl)c2C)C1=O. The van der Waals surface area contributed by atoms with Gasteiger partial charge in [-0.2, -0.15) is 5.10 Å². The van der Waals surface area contributed by atoms with Crippen molar-refractivity contribution >= 4 is 40.5 Å². The first kappa shape index (κ1) is 18.7. The first-order valence-corrected chi connectivity index (χ1v) is 9.70. The molecule has 1 aromatic heterocycles. The number of carbonyl (C=O) groups is 1.